The predicted octanol–water partition coefficient (Wildman–Crippen LogP) is 2.20. The van der Waals surface area contributed by atoms with E-state index < -0.39 is 0 Å². The SMILES string of the molecule is CC1=C(C(=O)Nc2ccc3[nH]nc(-c4ccnc(N5CCO[C@@H](C)C5)c4)c3c2)Cn2nnnc2N1C. The summed E-state index contributed by atoms with van der Waals surface area (Å²) >= 11 is 0. The number of pyridine rings is 1. The van der Waals surface area contributed by atoms with Gasteiger partial charge in [0.2, 0.25) is 5.95 Å². The minimum atomic E-state index is -0.197. The fourth-order valence-corrected chi connectivity index (χ4v) is 4.68. The summed E-state index contributed by atoms with van der Waals surface area (Å²) in [6.45, 7) is 6.54. The van der Waals surface area contributed by atoms with Crippen molar-refractivity contribution in [3.63, 3.8) is 0 Å². The first-order valence-corrected chi connectivity index (χ1v) is 11.8. The summed E-state index contributed by atoms with van der Waals surface area (Å²) in [6.07, 6.45) is 1.97. The van der Waals surface area contributed by atoms with E-state index in [9.17, 15) is 4.79 Å². The van der Waals surface area contributed by atoms with Crippen molar-refractivity contribution in [3.05, 3.63) is 47.8 Å². The van der Waals surface area contributed by atoms with Crippen molar-refractivity contribution in [2.75, 3.05) is 41.9 Å². The molecule has 184 valence electrons. The predicted molar refractivity (Wildman–Crippen MR) is 135 cm³/mol. The van der Waals surface area contributed by atoms with Gasteiger partial charge in [-0.1, -0.05) is 5.10 Å². The fraction of sp³-hybridized carbons (Fsp3) is 0.333. The molecule has 0 spiro atoms. The van der Waals surface area contributed by atoms with Gasteiger partial charge < -0.3 is 19.9 Å². The number of rotatable bonds is 4. The average Bonchev–Trinajstić information content (AvgIpc) is 3.53. The van der Waals surface area contributed by atoms with Crippen molar-refractivity contribution in [3.8, 4) is 11.3 Å². The van der Waals surface area contributed by atoms with Crippen LogP contribution in [0, 0.1) is 0 Å². The van der Waals surface area contributed by atoms with Gasteiger partial charge in [-0.15, -0.1) is 0 Å². The first kappa shape index (κ1) is 22.2. The molecule has 1 atom stereocenters. The number of nitrogens with zero attached hydrogens (tertiary/aromatic N) is 8. The third-order valence-corrected chi connectivity index (χ3v) is 6.74. The number of benzene rings is 1. The number of nitrogens with one attached hydrogen (secondary N) is 2. The quantitative estimate of drug-likeness (QED) is 0.446. The monoisotopic (exact) mass is 486 g/mol. The molecular weight excluding hydrogens is 460 g/mol. The number of carbonyl (C=O) groups excluding carboxylic acids is 1. The zero-order chi connectivity index (χ0) is 24.8. The second-order valence-corrected chi connectivity index (χ2v) is 9.08. The van der Waals surface area contributed by atoms with E-state index in [0.717, 1.165) is 46.8 Å². The van der Waals surface area contributed by atoms with Crippen molar-refractivity contribution in [1.82, 2.24) is 35.4 Å². The molecule has 5 heterocycles. The molecule has 2 aliphatic rings. The van der Waals surface area contributed by atoms with Gasteiger partial charge in [0.15, 0.2) is 0 Å². The van der Waals surface area contributed by atoms with Gasteiger partial charge >= 0.3 is 0 Å². The standard InChI is InChI=1S/C24H26N10O2/c1-14-12-33(8-9-36-14)21-10-16(6-7-25-21)22-18-11-17(4-5-20(18)27-28-22)26-23(35)19-13-34-24(29-30-31-34)32(3)15(19)2/h4-7,10-11,14H,8-9,12-13H2,1-3H3,(H,26,35)(H,27,28)/t14-/m0/s1. The van der Waals surface area contributed by atoms with E-state index in [4.69, 9.17) is 4.74 Å². The Bertz CT molecular complexity index is 1490. The molecule has 0 bridgehead atoms. The van der Waals surface area contributed by atoms with Crippen LogP contribution in [-0.2, 0) is 16.1 Å². The number of H-pyrrole nitrogens is 1. The van der Waals surface area contributed by atoms with Gasteiger partial charge in [0.05, 0.1) is 30.3 Å². The molecule has 2 N–H and O–H groups in total. The first-order chi connectivity index (χ1) is 17.5. The van der Waals surface area contributed by atoms with Crippen molar-refractivity contribution in [1.29, 1.82) is 0 Å². The molecule has 4 aromatic rings. The molecule has 3 aromatic heterocycles. The van der Waals surface area contributed by atoms with Crippen LogP contribution in [0.25, 0.3) is 22.2 Å². The van der Waals surface area contributed by atoms with E-state index in [1.165, 1.54) is 0 Å². The van der Waals surface area contributed by atoms with Gasteiger partial charge in [-0.25, -0.2) is 9.67 Å². The van der Waals surface area contributed by atoms with Gasteiger partial charge in [0, 0.05) is 48.7 Å². The molecule has 0 saturated carbocycles. The summed E-state index contributed by atoms with van der Waals surface area (Å²) in [6, 6.07) is 9.72. The van der Waals surface area contributed by atoms with E-state index in [0.29, 0.717) is 30.4 Å². The largest absolute Gasteiger partial charge is 0.375 e. The van der Waals surface area contributed by atoms with Crippen molar-refractivity contribution < 1.29 is 9.53 Å². The van der Waals surface area contributed by atoms with Crippen LogP contribution in [0.5, 0.6) is 0 Å². The number of fused-ring (bicyclic) bond motifs is 2. The van der Waals surface area contributed by atoms with E-state index in [1.54, 1.807) is 10.9 Å². The second-order valence-electron chi connectivity index (χ2n) is 9.08. The topological polar surface area (TPSA) is 130 Å². The Hall–Kier alpha value is -4.32. The highest BCUT2D eigenvalue weighted by Gasteiger charge is 2.27. The zero-order valence-corrected chi connectivity index (χ0v) is 20.3. The molecule has 1 fully saturated rings. The van der Waals surface area contributed by atoms with Crippen LogP contribution < -0.4 is 15.1 Å². The Morgan fingerprint density at radius 1 is 1.25 bits per heavy atom. The third-order valence-electron chi connectivity index (χ3n) is 6.74. The smallest absolute Gasteiger partial charge is 0.255 e. The molecule has 12 nitrogen and oxygen atoms in total. The summed E-state index contributed by atoms with van der Waals surface area (Å²) in [4.78, 5) is 21.8. The number of carbonyl (C=O) groups is 1. The van der Waals surface area contributed by atoms with Gasteiger partial charge in [-0.3, -0.25) is 9.89 Å². The molecule has 12 heteroatoms. The number of tetrazole rings is 1. The first-order valence-electron chi connectivity index (χ1n) is 11.8. The van der Waals surface area contributed by atoms with E-state index in [2.05, 4.69) is 53.9 Å². The molecule has 0 radical (unpaired) electrons. The number of aromatic amines is 1. The van der Waals surface area contributed by atoms with E-state index >= 15 is 0 Å². The lowest BCUT2D eigenvalue weighted by molar-refractivity contribution is -0.113. The molecule has 1 aromatic carbocycles. The summed E-state index contributed by atoms with van der Waals surface area (Å²) in [7, 11) is 1.84. The Labute approximate surface area is 206 Å². The molecule has 0 unspecified atom stereocenters. The van der Waals surface area contributed by atoms with Gasteiger partial charge in [-0.05, 0) is 54.6 Å². The van der Waals surface area contributed by atoms with Crippen LogP contribution in [0.4, 0.5) is 17.5 Å². The summed E-state index contributed by atoms with van der Waals surface area (Å²) in [5, 5.41) is 23.3. The second kappa shape index (κ2) is 8.72. The minimum absolute atomic E-state index is 0.164. The van der Waals surface area contributed by atoms with Crippen LogP contribution in [0.15, 0.2) is 47.8 Å². The highest BCUT2D eigenvalue weighted by atomic mass is 16.5. The van der Waals surface area contributed by atoms with Gasteiger partial charge in [-0.2, -0.15) is 5.10 Å². The van der Waals surface area contributed by atoms with Crippen molar-refractivity contribution in [2.24, 2.45) is 0 Å². The van der Waals surface area contributed by atoms with Crippen LogP contribution in [0.1, 0.15) is 13.8 Å². The zero-order valence-electron chi connectivity index (χ0n) is 20.3. The Balaban J connectivity index is 1.28. The minimum Gasteiger partial charge on any atom is -0.375 e. The van der Waals surface area contributed by atoms with Crippen molar-refractivity contribution in [2.45, 2.75) is 26.5 Å². The maximum absolute atomic E-state index is 13.2. The summed E-state index contributed by atoms with van der Waals surface area (Å²) in [5.74, 6) is 1.31. The van der Waals surface area contributed by atoms with Crippen LogP contribution in [-0.4, -0.2) is 74.1 Å². The van der Waals surface area contributed by atoms with Gasteiger partial charge in [0.25, 0.3) is 5.91 Å². The maximum atomic E-state index is 13.2. The summed E-state index contributed by atoms with van der Waals surface area (Å²) < 4.78 is 7.27. The lowest BCUT2D eigenvalue weighted by Gasteiger charge is -2.32. The number of ether oxygens (including phenoxy) is 1. The normalized spacial score (nSPS) is 18.0. The van der Waals surface area contributed by atoms with E-state index in [1.807, 2.05) is 43.1 Å². The summed E-state index contributed by atoms with van der Waals surface area (Å²) in [5.41, 5.74) is 4.72. The van der Waals surface area contributed by atoms with Crippen LogP contribution in [0.3, 0.4) is 0 Å². The maximum Gasteiger partial charge on any atom is 0.255 e. The number of morpholine rings is 1. The van der Waals surface area contributed by atoms with Crippen molar-refractivity contribution >= 4 is 34.3 Å². The number of hydrogen-bond donors (Lipinski definition) is 2. The molecule has 1 saturated heterocycles. The lowest BCUT2D eigenvalue weighted by atomic mass is 10.1. The number of hydrogen-bond acceptors (Lipinski definition) is 9. The highest BCUT2D eigenvalue weighted by molar-refractivity contribution is 6.06. The molecule has 0 aliphatic carbocycles. The van der Waals surface area contributed by atoms with E-state index in [-0.39, 0.29) is 12.0 Å². The lowest BCUT2D eigenvalue weighted by Crippen LogP contribution is -2.41. The highest BCUT2D eigenvalue weighted by Crippen LogP contribution is 2.31. The average molecular weight is 487 g/mol. The Morgan fingerprint density at radius 3 is 3.00 bits per heavy atom. The molecule has 36 heavy (non-hydrogen) atoms. The Kier molecular flexibility index (Phi) is 5.37. The van der Waals surface area contributed by atoms with Crippen LogP contribution >= 0.6 is 0 Å². The number of amides is 1. The molecular formula is C24H26N10O2. The fourth-order valence-electron chi connectivity index (χ4n) is 4.68. The molecule has 2 aliphatic heterocycles. The number of allylic oxidation sites excluding steroid dienone is 1. The van der Waals surface area contributed by atoms with Crippen LogP contribution in [0.2, 0.25) is 0 Å². The third kappa shape index (κ3) is 3.85. The van der Waals surface area contributed by atoms with Gasteiger partial charge in [0.1, 0.15) is 11.5 Å². The number of anilines is 3. The molecule has 6 rings (SSSR count). The Morgan fingerprint density at radius 2 is 2.14 bits per heavy atom. The number of aromatic nitrogens is 7. The molecule has 1 amide bonds.